The molecule has 18 heavy (non-hydrogen) atoms. The van der Waals surface area contributed by atoms with E-state index < -0.39 is 6.10 Å². The summed E-state index contributed by atoms with van der Waals surface area (Å²) in [5.41, 5.74) is 0.811. The molecule has 3 unspecified atom stereocenters. The van der Waals surface area contributed by atoms with E-state index in [9.17, 15) is 5.11 Å². The van der Waals surface area contributed by atoms with E-state index >= 15 is 0 Å². The summed E-state index contributed by atoms with van der Waals surface area (Å²) in [5.74, 6) is 0.869. The maximum absolute atomic E-state index is 10.4. The van der Waals surface area contributed by atoms with Crippen molar-refractivity contribution in [1.82, 2.24) is 4.98 Å². The molecule has 1 fully saturated rings. The molecule has 1 aliphatic rings. The highest BCUT2D eigenvalue weighted by molar-refractivity contribution is 5.25. The minimum atomic E-state index is -0.528. The van der Waals surface area contributed by atoms with Gasteiger partial charge in [0.2, 0.25) is 0 Å². The molecule has 100 valence electrons. The smallest absolute Gasteiger partial charge is 0.137 e. The van der Waals surface area contributed by atoms with E-state index in [0.717, 1.165) is 30.8 Å². The summed E-state index contributed by atoms with van der Waals surface area (Å²) in [4.78, 5) is 4.13. The topological polar surface area (TPSA) is 51.6 Å². The van der Waals surface area contributed by atoms with E-state index in [1.54, 1.807) is 12.4 Å². The van der Waals surface area contributed by atoms with Crippen molar-refractivity contribution in [2.45, 2.75) is 38.9 Å². The van der Waals surface area contributed by atoms with Crippen LogP contribution in [0.2, 0.25) is 0 Å². The van der Waals surface area contributed by atoms with Gasteiger partial charge in [0.05, 0.1) is 25.0 Å². The molecule has 1 aromatic rings. The Balaban J connectivity index is 2.07. The minimum Gasteiger partial charge on any atom is -0.492 e. The zero-order valence-electron chi connectivity index (χ0n) is 11.0. The van der Waals surface area contributed by atoms with Crippen molar-refractivity contribution in [3.05, 3.63) is 24.0 Å². The van der Waals surface area contributed by atoms with Gasteiger partial charge in [-0.25, -0.2) is 0 Å². The van der Waals surface area contributed by atoms with Gasteiger partial charge < -0.3 is 14.6 Å². The van der Waals surface area contributed by atoms with Gasteiger partial charge in [-0.2, -0.15) is 0 Å². The van der Waals surface area contributed by atoms with Gasteiger partial charge in [0.25, 0.3) is 0 Å². The number of hydrogen-bond donors (Lipinski definition) is 1. The van der Waals surface area contributed by atoms with E-state index in [1.807, 2.05) is 13.0 Å². The minimum absolute atomic E-state index is 0.0974. The molecular formula is C14H21NO3. The van der Waals surface area contributed by atoms with Gasteiger partial charge in [-0.15, -0.1) is 0 Å². The molecule has 0 bridgehead atoms. The largest absolute Gasteiger partial charge is 0.492 e. The lowest BCUT2D eigenvalue weighted by Gasteiger charge is -2.21. The number of pyridine rings is 1. The van der Waals surface area contributed by atoms with Crippen molar-refractivity contribution in [3.63, 3.8) is 0 Å². The van der Waals surface area contributed by atoms with Crippen LogP contribution in [0.3, 0.4) is 0 Å². The molecule has 4 heteroatoms. The predicted molar refractivity (Wildman–Crippen MR) is 68.5 cm³/mol. The van der Waals surface area contributed by atoms with Crippen LogP contribution in [-0.4, -0.2) is 29.4 Å². The van der Waals surface area contributed by atoms with Crippen molar-refractivity contribution >= 4 is 0 Å². The Morgan fingerprint density at radius 1 is 1.56 bits per heavy atom. The van der Waals surface area contributed by atoms with Gasteiger partial charge in [0.15, 0.2) is 0 Å². The summed E-state index contributed by atoms with van der Waals surface area (Å²) in [6, 6.07) is 1.87. The van der Waals surface area contributed by atoms with Crippen molar-refractivity contribution < 1.29 is 14.6 Å². The third-order valence-corrected chi connectivity index (χ3v) is 3.39. The van der Waals surface area contributed by atoms with Crippen LogP contribution < -0.4 is 4.74 Å². The number of aliphatic hydroxyl groups excluding tert-OH is 1. The zero-order chi connectivity index (χ0) is 13.0. The average molecular weight is 251 g/mol. The van der Waals surface area contributed by atoms with Gasteiger partial charge in [0, 0.05) is 24.3 Å². The molecule has 0 spiro atoms. The molecule has 0 aliphatic carbocycles. The quantitative estimate of drug-likeness (QED) is 0.872. The number of aliphatic hydroxyl groups is 1. The lowest BCUT2D eigenvalue weighted by Crippen LogP contribution is -2.20. The van der Waals surface area contributed by atoms with Crippen LogP contribution in [0.15, 0.2) is 18.5 Å². The second-order valence-electron chi connectivity index (χ2n) is 4.78. The molecule has 0 aromatic carbocycles. The Morgan fingerprint density at radius 2 is 2.39 bits per heavy atom. The first-order valence-electron chi connectivity index (χ1n) is 6.59. The molecule has 0 saturated carbocycles. The highest BCUT2D eigenvalue weighted by Gasteiger charge is 2.31. The Labute approximate surface area is 108 Å². The Hall–Kier alpha value is -1.13. The first kappa shape index (κ1) is 13.3. The fourth-order valence-electron chi connectivity index (χ4n) is 2.31. The fourth-order valence-corrected chi connectivity index (χ4v) is 2.31. The number of rotatable bonds is 5. The molecule has 2 rings (SSSR count). The van der Waals surface area contributed by atoms with Gasteiger partial charge in [-0.3, -0.25) is 4.98 Å². The van der Waals surface area contributed by atoms with Crippen molar-refractivity contribution in [3.8, 4) is 5.75 Å². The SMILES string of the molecule is CCCOc1cncc(C(O)C2CCOC2C)c1. The van der Waals surface area contributed by atoms with E-state index in [4.69, 9.17) is 9.47 Å². The molecule has 1 saturated heterocycles. The van der Waals surface area contributed by atoms with Crippen molar-refractivity contribution in [1.29, 1.82) is 0 Å². The highest BCUT2D eigenvalue weighted by Crippen LogP contribution is 2.33. The lowest BCUT2D eigenvalue weighted by molar-refractivity contribution is 0.0428. The summed E-state index contributed by atoms with van der Waals surface area (Å²) in [6.07, 6.45) is 4.80. The van der Waals surface area contributed by atoms with Crippen LogP contribution in [0.4, 0.5) is 0 Å². The second kappa shape index (κ2) is 6.16. The van der Waals surface area contributed by atoms with E-state index in [1.165, 1.54) is 0 Å². The van der Waals surface area contributed by atoms with Gasteiger partial charge in [-0.1, -0.05) is 6.92 Å². The van der Waals surface area contributed by atoms with E-state index in [-0.39, 0.29) is 12.0 Å². The molecule has 0 radical (unpaired) electrons. The zero-order valence-corrected chi connectivity index (χ0v) is 11.0. The van der Waals surface area contributed by atoms with Crippen LogP contribution in [0.1, 0.15) is 38.4 Å². The number of ether oxygens (including phenoxy) is 2. The standard InChI is InChI=1S/C14H21NO3/c1-3-5-18-12-7-11(8-15-9-12)14(16)13-4-6-17-10(13)2/h7-10,13-14,16H,3-6H2,1-2H3. The van der Waals surface area contributed by atoms with Crippen LogP contribution in [-0.2, 0) is 4.74 Å². The first-order valence-corrected chi connectivity index (χ1v) is 6.59. The second-order valence-corrected chi connectivity index (χ2v) is 4.78. The summed E-state index contributed by atoms with van der Waals surface area (Å²) in [7, 11) is 0. The Bertz CT molecular complexity index is 383. The summed E-state index contributed by atoms with van der Waals surface area (Å²) in [6.45, 7) is 5.46. The Morgan fingerprint density at radius 3 is 3.06 bits per heavy atom. The first-order chi connectivity index (χ1) is 8.72. The normalized spacial score (nSPS) is 25.1. The van der Waals surface area contributed by atoms with Crippen molar-refractivity contribution in [2.24, 2.45) is 5.92 Å². The van der Waals surface area contributed by atoms with E-state index in [0.29, 0.717) is 6.61 Å². The summed E-state index contributed by atoms with van der Waals surface area (Å²) in [5, 5.41) is 10.4. The summed E-state index contributed by atoms with van der Waals surface area (Å²) < 4.78 is 11.0. The molecule has 1 N–H and O–H groups in total. The fraction of sp³-hybridized carbons (Fsp3) is 0.643. The molecule has 3 atom stereocenters. The monoisotopic (exact) mass is 251 g/mol. The summed E-state index contributed by atoms with van der Waals surface area (Å²) >= 11 is 0. The average Bonchev–Trinajstić information content (AvgIpc) is 2.82. The molecular weight excluding hydrogens is 230 g/mol. The van der Waals surface area contributed by atoms with Gasteiger partial charge in [0.1, 0.15) is 5.75 Å². The molecule has 1 aromatic heterocycles. The van der Waals surface area contributed by atoms with Crippen LogP contribution >= 0.6 is 0 Å². The maximum atomic E-state index is 10.4. The van der Waals surface area contributed by atoms with Crippen LogP contribution in [0.25, 0.3) is 0 Å². The van der Waals surface area contributed by atoms with Crippen LogP contribution in [0, 0.1) is 5.92 Å². The predicted octanol–water partition coefficient (Wildman–Crippen LogP) is 2.33. The number of hydrogen-bond acceptors (Lipinski definition) is 4. The molecule has 1 aliphatic heterocycles. The maximum Gasteiger partial charge on any atom is 0.137 e. The third kappa shape index (κ3) is 3.00. The van der Waals surface area contributed by atoms with Crippen LogP contribution in [0.5, 0.6) is 5.75 Å². The molecule has 2 heterocycles. The third-order valence-electron chi connectivity index (χ3n) is 3.39. The van der Waals surface area contributed by atoms with Crippen molar-refractivity contribution in [2.75, 3.05) is 13.2 Å². The molecule has 4 nitrogen and oxygen atoms in total. The number of nitrogens with zero attached hydrogens (tertiary/aromatic N) is 1. The highest BCUT2D eigenvalue weighted by atomic mass is 16.5. The van der Waals surface area contributed by atoms with Gasteiger partial charge in [-0.05, 0) is 25.8 Å². The molecule has 0 amide bonds. The lowest BCUT2D eigenvalue weighted by atomic mass is 9.91. The van der Waals surface area contributed by atoms with Gasteiger partial charge >= 0.3 is 0 Å². The Kier molecular flexibility index (Phi) is 4.55. The number of aromatic nitrogens is 1. The van der Waals surface area contributed by atoms with E-state index in [2.05, 4.69) is 11.9 Å².